The molecule has 2 fully saturated rings. The fourth-order valence-electron chi connectivity index (χ4n) is 5.00. The van der Waals surface area contributed by atoms with Crippen molar-refractivity contribution >= 4 is 23.5 Å². The van der Waals surface area contributed by atoms with Crippen LogP contribution in [-0.4, -0.2) is 73.2 Å². The number of carbonyl (C=O) groups excluding carboxylic acids is 2. The van der Waals surface area contributed by atoms with E-state index in [1.165, 1.54) is 20.1 Å². The van der Waals surface area contributed by atoms with E-state index in [0.717, 1.165) is 30.6 Å². The maximum absolute atomic E-state index is 13.7. The van der Waals surface area contributed by atoms with Gasteiger partial charge in [-0.3, -0.25) is 4.79 Å². The number of piperidine rings is 1. The minimum Gasteiger partial charge on any atom is -0.493 e. The maximum atomic E-state index is 13.7. The van der Waals surface area contributed by atoms with Crippen LogP contribution in [0.2, 0.25) is 0 Å². The molecule has 0 spiro atoms. The Bertz CT molecular complexity index is 946. The fourth-order valence-corrected chi connectivity index (χ4v) is 5.00. The van der Waals surface area contributed by atoms with Gasteiger partial charge in [0.1, 0.15) is 5.78 Å². The van der Waals surface area contributed by atoms with E-state index in [1.807, 2.05) is 0 Å². The van der Waals surface area contributed by atoms with Crippen LogP contribution in [0, 0.1) is 0 Å². The summed E-state index contributed by atoms with van der Waals surface area (Å²) in [5.41, 5.74) is 0.419. The van der Waals surface area contributed by atoms with Gasteiger partial charge >= 0.3 is 6.09 Å². The van der Waals surface area contributed by atoms with Gasteiger partial charge in [-0.15, -0.1) is 0 Å². The minimum atomic E-state index is -1.22. The maximum Gasteiger partial charge on any atom is 0.414 e. The first-order chi connectivity index (χ1) is 16.9. The lowest BCUT2D eigenvalue weighted by molar-refractivity contribution is -0.198. The predicted molar refractivity (Wildman–Crippen MR) is 126 cm³/mol. The van der Waals surface area contributed by atoms with Crippen LogP contribution in [0.3, 0.4) is 0 Å². The van der Waals surface area contributed by atoms with Crippen molar-refractivity contribution < 1.29 is 38.4 Å². The van der Waals surface area contributed by atoms with E-state index in [1.54, 1.807) is 11.0 Å². The molecular weight excluding hydrogens is 456 g/mol. The van der Waals surface area contributed by atoms with Crippen LogP contribution >= 0.6 is 0 Å². The van der Waals surface area contributed by atoms with Crippen LogP contribution in [0.1, 0.15) is 68.6 Å². The molecule has 3 aliphatic heterocycles. The molecule has 0 radical (unpaired) electrons. The Hall–Kier alpha value is -2.85. The molecule has 2 unspecified atom stereocenters. The molecule has 3 heterocycles. The van der Waals surface area contributed by atoms with Gasteiger partial charge in [0.05, 0.1) is 31.0 Å². The predicted octanol–water partition coefficient (Wildman–Crippen LogP) is 3.81. The van der Waals surface area contributed by atoms with Crippen molar-refractivity contribution in [1.82, 2.24) is 4.90 Å². The molecule has 0 aromatic heterocycles. The second kappa shape index (κ2) is 11.3. The molecule has 1 N–H and O–H groups in total. The second-order valence-corrected chi connectivity index (χ2v) is 9.21. The number of anilines is 1. The quantitative estimate of drug-likeness (QED) is 0.547. The fraction of sp³-hybridized carbons (Fsp3) is 0.640. The number of hydrogen-bond donors (Lipinski definition) is 1. The summed E-state index contributed by atoms with van der Waals surface area (Å²) in [6.45, 7) is 2.85. The Kier molecular flexibility index (Phi) is 8.12. The molecule has 2 saturated heterocycles. The highest BCUT2D eigenvalue weighted by Crippen LogP contribution is 2.42. The van der Waals surface area contributed by atoms with Gasteiger partial charge in [-0.2, -0.15) is 0 Å². The minimum absolute atomic E-state index is 0.0618. The number of Topliss-reactive ketones (excluding diaryl/α,β-unsaturated/α-hetero) is 1. The van der Waals surface area contributed by atoms with Crippen LogP contribution in [0.4, 0.5) is 10.5 Å². The highest BCUT2D eigenvalue weighted by molar-refractivity contribution is 6.05. The van der Waals surface area contributed by atoms with Gasteiger partial charge < -0.3 is 33.7 Å². The molecule has 1 aromatic carbocycles. The molecular formula is C25H34N2O8. The number of rotatable bonds is 8. The highest BCUT2D eigenvalue weighted by atomic mass is 16.7. The Labute approximate surface area is 205 Å². The van der Waals surface area contributed by atoms with Crippen LogP contribution in [0.5, 0.6) is 11.5 Å². The van der Waals surface area contributed by atoms with Gasteiger partial charge in [0.25, 0.3) is 5.91 Å². The topological polar surface area (TPSA) is 115 Å². The summed E-state index contributed by atoms with van der Waals surface area (Å²) >= 11 is 0. The van der Waals surface area contributed by atoms with E-state index in [4.69, 9.17) is 18.9 Å². The van der Waals surface area contributed by atoms with Crippen molar-refractivity contribution in [2.24, 2.45) is 0 Å². The monoisotopic (exact) mass is 490 g/mol. The zero-order valence-electron chi connectivity index (χ0n) is 20.4. The molecule has 2 amide bonds. The Balaban J connectivity index is 1.74. The molecule has 3 aliphatic rings. The summed E-state index contributed by atoms with van der Waals surface area (Å²) in [6.07, 6.45) is 3.10. The van der Waals surface area contributed by atoms with Gasteiger partial charge in [0, 0.05) is 25.6 Å². The number of amides is 2. The molecule has 3 atom stereocenters. The van der Waals surface area contributed by atoms with Gasteiger partial charge in [-0.05, 0) is 57.9 Å². The van der Waals surface area contributed by atoms with Gasteiger partial charge in [-0.1, -0.05) is 0 Å². The Morgan fingerprint density at radius 2 is 1.94 bits per heavy atom. The second-order valence-electron chi connectivity index (χ2n) is 9.21. The van der Waals surface area contributed by atoms with E-state index in [9.17, 15) is 19.5 Å². The molecule has 35 heavy (non-hydrogen) atoms. The number of hydrogen-bond acceptors (Lipinski definition) is 7. The van der Waals surface area contributed by atoms with Crippen LogP contribution in [0.25, 0.3) is 0 Å². The van der Waals surface area contributed by atoms with Crippen molar-refractivity contribution in [3.8, 4) is 11.5 Å². The zero-order chi connectivity index (χ0) is 24.9. The van der Waals surface area contributed by atoms with Crippen molar-refractivity contribution in [3.63, 3.8) is 0 Å². The molecule has 192 valence electrons. The third kappa shape index (κ3) is 5.54. The van der Waals surface area contributed by atoms with E-state index >= 15 is 0 Å². The number of nitrogens with zero attached hydrogens (tertiary/aromatic N) is 2. The smallest absolute Gasteiger partial charge is 0.414 e. The molecule has 0 bridgehead atoms. The first kappa shape index (κ1) is 25.2. The van der Waals surface area contributed by atoms with E-state index < -0.39 is 24.7 Å². The molecule has 10 nitrogen and oxygen atoms in total. The molecule has 1 aromatic rings. The highest BCUT2D eigenvalue weighted by Gasteiger charge is 2.46. The van der Waals surface area contributed by atoms with Crippen molar-refractivity contribution in [1.29, 1.82) is 0 Å². The third-order valence-corrected chi connectivity index (χ3v) is 6.73. The van der Waals surface area contributed by atoms with E-state index in [0.29, 0.717) is 50.3 Å². The van der Waals surface area contributed by atoms with Crippen LogP contribution in [0.15, 0.2) is 12.1 Å². The average Bonchev–Trinajstić information content (AvgIpc) is 2.95. The molecule has 4 rings (SSSR count). The Morgan fingerprint density at radius 3 is 2.63 bits per heavy atom. The number of carboxylic acid groups (broad SMARTS) is 1. The summed E-state index contributed by atoms with van der Waals surface area (Å²) < 4.78 is 23.4. The van der Waals surface area contributed by atoms with Crippen molar-refractivity contribution in [2.75, 3.05) is 31.8 Å². The lowest BCUT2D eigenvalue weighted by atomic mass is 10.00. The summed E-state index contributed by atoms with van der Waals surface area (Å²) in [7, 11) is 1.47. The number of carbonyl (C=O) groups is 3. The average molecular weight is 491 g/mol. The number of benzene rings is 1. The number of ketones is 1. The summed E-state index contributed by atoms with van der Waals surface area (Å²) in [4.78, 5) is 40.5. The molecule has 10 heteroatoms. The van der Waals surface area contributed by atoms with Crippen molar-refractivity contribution in [2.45, 2.75) is 76.9 Å². The van der Waals surface area contributed by atoms with E-state index in [-0.39, 0.29) is 29.5 Å². The van der Waals surface area contributed by atoms with Crippen molar-refractivity contribution in [3.05, 3.63) is 17.7 Å². The van der Waals surface area contributed by atoms with Gasteiger partial charge in [0.2, 0.25) is 0 Å². The molecule has 0 saturated carbocycles. The van der Waals surface area contributed by atoms with Crippen LogP contribution in [-0.2, 0) is 14.3 Å². The standard InChI is InChI=1S/C25H34N2O8/c1-16(28)8-7-13-33-21-15-19-17(14-20(21)32-2)23(29)26-11-5-3-9-18(26)24(27(19)25(30)31)35-22-10-4-6-12-34-22/h14-15,18,22,24H,3-13H2,1-2H3,(H,30,31)/t18-,22?,24?/m0/s1. The van der Waals surface area contributed by atoms with E-state index in [2.05, 4.69) is 0 Å². The lowest BCUT2D eigenvalue weighted by Crippen LogP contribution is -2.57. The number of ether oxygens (including phenoxy) is 4. The molecule has 0 aliphatic carbocycles. The Morgan fingerprint density at radius 1 is 1.14 bits per heavy atom. The zero-order valence-corrected chi connectivity index (χ0v) is 20.4. The lowest BCUT2D eigenvalue weighted by Gasteiger charge is -2.42. The van der Waals surface area contributed by atoms with Gasteiger partial charge in [-0.25, -0.2) is 9.69 Å². The summed E-state index contributed by atoms with van der Waals surface area (Å²) in [5, 5.41) is 10.3. The largest absolute Gasteiger partial charge is 0.493 e. The number of fused-ring (bicyclic) bond motifs is 2. The SMILES string of the molecule is COc1cc2c(cc1OCCCC(C)=O)N(C(=O)O)C(OC1CCCCO1)[C@@H]1CCCCN1C2=O. The first-order valence-corrected chi connectivity index (χ1v) is 12.3. The number of methoxy groups -OCH3 is 1. The normalized spacial score (nSPS) is 24.3. The van der Waals surface area contributed by atoms with Gasteiger partial charge in [0.15, 0.2) is 24.0 Å². The van der Waals surface area contributed by atoms with Crippen LogP contribution < -0.4 is 14.4 Å². The summed E-state index contributed by atoms with van der Waals surface area (Å²) in [5.74, 6) is 0.440. The first-order valence-electron chi connectivity index (χ1n) is 12.3. The third-order valence-electron chi connectivity index (χ3n) is 6.73. The summed E-state index contributed by atoms with van der Waals surface area (Å²) in [6, 6.07) is 2.64.